The summed E-state index contributed by atoms with van der Waals surface area (Å²) >= 11 is 0. The van der Waals surface area contributed by atoms with Gasteiger partial charge in [-0.1, -0.05) is 72.8 Å². The second-order valence-corrected chi connectivity index (χ2v) is 6.54. The normalized spacial score (nSPS) is 15.2. The predicted molar refractivity (Wildman–Crippen MR) is 109 cm³/mol. The summed E-state index contributed by atoms with van der Waals surface area (Å²) in [6.45, 7) is 0.448. The van der Waals surface area contributed by atoms with Crippen LogP contribution in [0.5, 0.6) is 0 Å². The highest BCUT2D eigenvalue weighted by molar-refractivity contribution is 6.07. The van der Waals surface area contributed by atoms with E-state index in [-0.39, 0.29) is 11.7 Å². The van der Waals surface area contributed by atoms with E-state index in [0.29, 0.717) is 6.54 Å². The lowest BCUT2D eigenvalue weighted by Gasteiger charge is -2.29. The number of ether oxygens (including phenoxy) is 2. The van der Waals surface area contributed by atoms with Crippen LogP contribution in [0.2, 0.25) is 0 Å². The van der Waals surface area contributed by atoms with E-state index in [1.807, 2.05) is 84.9 Å². The van der Waals surface area contributed by atoms with Crippen LogP contribution in [0, 0.1) is 0 Å². The van der Waals surface area contributed by atoms with Crippen LogP contribution in [-0.2, 0) is 20.8 Å². The standard InChI is InChI=1S/C24H21NO3/c1-27-24-21-15-9-8-12-19(21)16-22(28-24)23(26)25(20-13-6-3-7-14-20)17-18-10-4-2-5-11-18/h2-16,24H,17H2,1H3. The van der Waals surface area contributed by atoms with Crippen LogP contribution in [0.1, 0.15) is 23.0 Å². The number of rotatable bonds is 5. The Morgan fingerprint density at radius 2 is 1.57 bits per heavy atom. The third-order valence-corrected chi connectivity index (χ3v) is 4.69. The van der Waals surface area contributed by atoms with Gasteiger partial charge in [0.1, 0.15) is 0 Å². The molecule has 0 spiro atoms. The van der Waals surface area contributed by atoms with E-state index in [9.17, 15) is 4.79 Å². The van der Waals surface area contributed by atoms with Crippen molar-refractivity contribution >= 4 is 17.7 Å². The average molecular weight is 371 g/mol. The van der Waals surface area contributed by atoms with Gasteiger partial charge < -0.3 is 14.4 Å². The molecule has 28 heavy (non-hydrogen) atoms. The van der Waals surface area contributed by atoms with Gasteiger partial charge in [0, 0.05) is 18.4 Å². The minimum atomic E-state index is -0.602. The van der Waals surface area contributed by atoms with Crippen LogP contribution >= 0.6 is 0 Å². The minimum Gasteiger partial charge on any atom is -0.455 e. The summed E-state index contributed by atoms with van der Waals surface area (Å²) in [5.41, 5.74) is 3.70. The number of methoxy groups -OCH3 is 1. The van der Waals surface area contributed by atoms with Gasteiger partial charge >= 0.3 is 0 Å². The van der Waals surface area contributed by atoms with Crippen LogP contribution in [0.15, 0.2) is 90.7 Å². The molecule has 1 atom stereocenters. The van der Waals surface area contributed by atoms with E-state index >= 15 is 0 Å². The quantitative estimate of drug-likeness (QED) is 0.638. The van der Waals surface area contributed by atoms with Gasteiger partial charge in [0.15, 0.2) is 5.76 Å². The van der Waals surface area contributed by atoms with Gasteiger partial charge in [0.2, 0.25) is 6.29 Å². The van der Waals surface area contributed by atoms with E-state index in [0.717, 1.165) is 22.4 Å². The van der Waals surface area contributed by atoms with Crippen LogP contribution in [0.3, 0.4) is 0 Å². The maximum atomic E-state index is 13.5. The van der Waals surface area contributed by atoms with Crippen molar-refractivity contribution in [2.45, 2.75) is 12.8 Å². The van der Waals surface area contributed by atoms with Gasteiger partial charge in [-0.15, -0.1) is 0 Å². The Hall–Kier alpha value is -3.37. The Labute approximate surface area is 164 Å². The van der Waals surface area contributed by atoms with Gasteiger partial charge in [-0.2, -0.15) is 0 Å². The van der Waals surface area contributed by atoms with Crippen LogP contribution < -0.4 is 4.90 Å². The second-order valence-electron chi connectivity index (χ2n) is 6.54. The number of nitrogens with zero attached hydrogens (tertiary/aromatic N) is 1. The molecule has 0 saturated heterocycles. The number of hydrogen-bond acceptors (Lipinski definition) is 3. The van der Waals surface area contributed by atoms with E-state index in [2.05, 4.69) is 0 Å². The molecular formula is C24H21NO3. The summed E-state index contributed by atoms with van der Waals surface area (Å²) in [7, 11) is 1.58. The summed E-state index contributed by atoms with van der Waals surface area (Å²) in [6.07, 6.45) is 1.18. The molecule has 4 nitrogen and oxygen atoms in total. The van der Waals surface area contributed by atoms with Crippen molar-refractivity contribution in [1.29, 1.82) is 0 Å². The van der Waals surface area contributed by atoms with Gasteiger partial charge in [0.25, 0.3) is 5.91 Å². The molecule has 140 valence electrons. The molecule has 1 amide bonds. The first kappa shape index (κ1) is 18.0. The molecule has 1 heterocycles. The Morgan fingerprint density at radius 3 is 2.29 bits per heavy atom. The number of fused-ring (bicyclic) bond motifs is 1. The number of para-hydroxylation sites is 1. The molecule has 1 unspecified atom stereocenters. The summed E-state index contributed by atoms with van der Waals surface area (Å²) in [5, 5.41) is 0. The van der Waals surface area contributed by atoms with Crippen molar-refractivity contribution in [3.8, 4) is 0 Å². The van der Waals surface area contributed by atoms with Crippen LogP contribution in [-0.4, -0.2) is 13.0 Å². The zero-order chi connectivity index (χ0) is 19.3. The van der Waals surface area contributed by atoms with Crippen molar-refractivity contribution in [1.82, 2.24) is 0 Å². The lowest BCUT2D eigenvalue weighted by molar-refractivity contribution is -0.132. The molecule has 0 aliphatic carbocycles. The average Bonchev–Trinajstić information content (AvgIpc) is 2.77. The SMILES string of the molecule is COC1OC(C(=O)N(Cc2ccccc2)c2ccccc2)=Cc2ccccc21. The predicted octanol–water partition coefficient (Wildman–Crippen LogP) is 4.94. The number of anilines is 1. The highest BCUT2D eigenvalue weighted by Gasteiger charge is 2.29. The number of hydrogen-bond donors (Lipinski definition) is 0. The molecule has 0 saturated carbocycles. The summed E-state index contributed by atoms with van der Waals surface area (Å²) < 4.78 is 11.4. The highest BCUT2D eigenvalue weighted by atomic mass is 16.7. The molecular weight excluding hydrogens is 350 g/mol. The van der Waals surface area contributed by atoms with Gasteiger partial charge in [-0.3, -0.25) is 4.79 Å². The zero-order valence-electron chi connectivity index (χ0n) is 15.6. The van der Waals surface area contributed by atoms with E-state index < -0.39 is 6.29 Å². The molecule has 0 radical (unpaired) electrons. The maximum Gasteiger partial charge on any atom is 0.293 e. The van der Waals surface area contributed by atoms with Crippen molar-refractivity contribution in [3.63, 3.8) is 0 Å². The summed E-state index contributed by atoms with van der Waals surface area (Å²) in [5.74, 6) is 0.0666. The largest absolute Gasteiger partial charge is 0.455 e. The van der Waals surface area contributed by atoms with Crippen LogP contribution in [0.4, 0.5) is 5.69 Å². The van der Waals surface area contributed by atoms with E-state index in [1.54, 1.807) is 18.1 Å². The monoisotopic (exact) mass is 371 g/mol. The lowest BCUT2D eigenvalue weighted by atomic mass is 10.0. The summed E-state index contributed by atoms with van der Waals surface area (Å²) in [4.78, 5) is 15.2. The first-order valence-corrected chi connectivity index (χ1v) is 9.17. The number of amides is 1. The van der Waals surface area contributed by atoms with E-state index in [1.165, 1.54) is 0 Å². The Bertz CT molecular complexity index is 983. The third-order valence-electron chi connectivity index (χ3n) is 4.69. The van der Waals surface area contributed by atoms with E-state index in [4.69, 9.17) is 9.47 Å². The fourth-order valence-electron chi connectivity index (χ4n) is 3.29. The van der Waals surface area contributed by atoms with Crippen molar-refractivity contribution in [3.05, 3.63) is 107 Å². The molecule has 0 aromatic heterocycles. The molecule has 0 N–H and O–H groups in total. The van der Waals surface area contributed by atoms with Gasteiger partial charge in [-0.05, 0) is 29.3 Å². The van der Waals surface area contributed by atoms with Gasteiger partial charge in [0.05, 0.1) is 6.54 Å². The third kappa shape index (κ3) is 3.68. The zero-order valence-corrected chi connectivity index (χ0v) is 15.6. The molecule has 1 aliphatic rings. The second kappa shape index (κ2) is 8.11. The fraction of sp³-hybridized carbons (Fsp3) is 0.125. The fourth-order valence-corrected chi connectivity index (χ4v) is 3.29. The molecule has 3 aromatic rings. The lowest BCUT2D eigenvalue weighted by Crippen LogP contribution is -2.33. The smallest absolute Gasteiger partial charge is 0.293 e. The number of carbonyl (C=O) groups excluding carboxylic acids is 1. The Balaban J connectivity index is 1.70. The van der Waals surface area contributed by atoms with Crippen molar-refractivity contribution in [2.75, 3.05) is 12.0 Å². The molecule has 0 fully saturated rings. The highest BCUT2D eigenvalue weighted by Crippen LogP contribution is 2.33. The van der Waals surface area contributed by atoms with Crippen molar-refractivity contribution < 1.29 is 14.3 Å². The molecule has 0 bridgehead atoms. The summed E-state index contributed by atoms with van der Waals surface area (Å²) in [6, 6.07) is 27.3. The first-order chi connectivity index (χ1) is 13.8. The molecule has 4 rings (SSSR count). The Morgan fingerprint density at radius 1 is 0.929 bits per heavy atom. The topological polar surface area (TPSA) is 38.8 Å². The Kier molecular flexibility index (Phi) is 5.22. The number of benzene rings is 3. The first-order valence-electron chi connectivity index (χ1n) is 9.17. The molecule has 1 aliphatic heterocycles. The minimum absolute atomic E-state index is 0.202. The van der Waals surface area contributed by atoms with Crippen molar-refractivity contribution in [2.24, 2.45) is 0 Å². The van der Waals surface area contributed by atoms with Gasteiger partial charge in [-0.25, -0.2) is 0 Å². The molecule has 4 heteroatoms. The number of carbonyl (C=O) groups is 1. The maximum absolute atomic E-state index is 13.5. The van der Waals surface area contributed by atoms with Crippen LogP contribution in [0.25, 0.3) is 6.08 Å². The molecule has 3 aromatic carbocycles.